The monoisotopic (exact) mass is 218 g/mol. The van der Waals surface area contributed by atoms with Crippen LogP contribution in [0.15, 0.2) is 0 Å². The number of aliphatic carboxylic acids is 1. The zero-order valence-corrected chi connectivity index (χ0v) is 8.66. The Kier molecular flexibility index (Phi) is 2.29. The number of carboxylic acid groups (broad SMARTS) is 1. The van der Waals surface area contributed by atoms with Gasteiger partial charge in [0.1, 0.15) is 0 Å². The minimum Gasteiger partial charge on any atom is -0.481 e. The van der Waals surface area contributed by atoms with Gasteiger partial charge in [0, 0.05) is 0 Å². The standard InChI is InChI=1S/C9H14O4S/c10-9(11)8-4-7(8)6-2-1-3-14(12,13)5-6/h6-8H,1-5H2,(H,10,11)/t6?,7-,8+/m1/s1. The second-order valence-electron chi connectivity index (χ2n) is 4.36. The summed E-state index contributed by atoms with van der Waals surface area (Å²) in [4.78, 5) is 10.6. The van der Waals surface area contributed by atoms with Crippen LogP contribution in [0.4, 0.5) is 0 Å². The molecule has 14 heavy (non-hydrogen) atoms. The van der Waals surface area contributed by atoms with Gasteiger partial charge in [-0.15, -0.1) is 0 Å². The SMILES string of the molecule is O=C(O)[C@H]1C[C@@H]1C1CCCS(=O)(=O)C1. The molecule has 1 aliphatic carbocycles. The normalized spacial score (nSPS) is 40.4. The molecule has 0 aromatic carbocycles. The summed E-state index contributed by atoms with van der Waals surface area (Å²) < 4.78 is 22.6. The van der Waals surface area contributed by atoms with Crippen LogP contribution in [-0.2, 0) is 14.6 Å². The van der Waals surface area contributed by atoms with Gasteiger partial charge in [0.25, 0.3) is 0 Å². The predicted molar refractivity (Wildman–Crippen MR) is 50.6 cm³/mol. The molecule has 5 heteroatoms. The summed E-state index contributed by atoms with van der Waals surface area (Å²) in [6.07, 6.45) is 2.26. The van der Waals surface area contributed by atoms with Crippen LogP contribution in [0.5, 0.6) is 0 Å². The van der Waals surface area contributed by atoms with Gasteiger partial charge in [-0.25, -0.2) is 8.42 Å². The van der Waals surface area contributed by atoms with Crippen molar-refractivity contribution in [2.24, 2.45) is 17.8 Å². The van der Waals surface area contributed by atoms with Crippen molar-refractivity contribution in [1.29, 1.82) is 0 Å². The first-order valence-corrected chi connectivity index (χ1v) is 6.75. The fourth-order valence-electron chi connectivity index (χ4n) is 2.42. The number of carboxylic acids is 1. The van der Waals surface area contributed by atoms with E-state index >= 15 is 0 Å². The summed E-state index contributed by atoms with van der Waals surface area (Å²) in [6.45, 7) is 0. The van der Waals surface area contributed by atoms with Gasteiger partial charge >= 0.3 is 5.97 Å². The van der Waals surface area contributed by atoms with Crippen molar-refractivity contribution in [2.45, 2.75) is 19.3 Å². The molecule has 1 heterocycles. The fourth-order valence-corrected chi connectivity index (χ4v) is 4.25. The average molecular weight is 218 g/mol. The lowest BCUT2D eigenvalue weighted by atomic mass is 9.98. The molecule has 0 spiro atoms. The third kappa shape index (κ3) is 1.92. The van der Waals surface area contributed by atoms with E-state index in [-0.39, 0.29) is 29.3 Å². The summed E-state index contributed by atoms with van der Waals surface area (Å²) in [7, 11) is -2.88. The first kappa shape index (κ1) is 9.96. The Bertz CT molecular complexity index is 346. The van der Waals surface area contributed by atoms with Crippen LogP contribution in [-0.4, -0.2) is 31.0 Å². The largest absolute Gasteiger partial charge is 0.481 e. The van der Waals surface area contributed by atoms with E-state index in [4.69, 9.17) is 5.11 Å². The van der Waals surface area contributed by atoms with Gasteiger partial charge in [0.15, 0.2) is 9.84 Å². The molecule has 1 aliphatic heterocycles. The van der Waals surface area contributed by atoms with Crippen molar-refractivity contribution in [1.82, 2.24) is 0 Å². The van der Waals surface area contributed by atoms with Crippen molar-refractivity contribution >= 4 is 15.8 Å². The van der Waals surface area contributed by atoms with E-state index in [0.29, 0.717) is 12.8 Å². The van der Waals surface area contributed by atoms with Gasteiger partial charge in [-0.2, -0.15) is 0 Å². The Hall–Kier alpha value is -0.580. The molecule has 1 saturated heterocycles. The average Bonchev–Trinajstić information content (AvgIpc) is 2.80. The second kappa shape index (κ2) is 3.22. The minimum absolute atomic E-state index is 0.106. The number of hydrogen-bond acceptors (Lipinski definition) is 3. The molecular formula is C9H14O4S. The highest BCUT2D eigenvalue weighted by Crippen LogP contribution is 2.47. The molecule has 0 aromatic rings. The summed E-state index contributed by atoms with van der Waals surface area (Å²) in [5, 5.41) is 8.73. The third-order valence-corrected chi connectivity index (χ3v) is 5.11. The van der Waals surface area contributed by atoms with E-state index in [1.54, 1.807) is 0 Å². The van der Waals surface area contributed by atoms with Gasteiger partial charge in [0.05, 0.1) is 17.4 Å². The van der Waals surface area contributed by atoms with Gasteiger partial charge in [-0.1, -0.05) is 0 Å². The van der Waals surface area contributed by atoms with E-state index < -0.39 is 15.8 Å². The molecule has 2 fully saturated rings. The molecule has 0 aromatic heterocycles. The summed E-state index contributed by atoms with van der Waals surface area (Å²) in [6, 6.07) is 0. The van der Waals surface area contributed by atoms with Crippen LogP contribution in [0.2, 0.25) is 0 Å². The zero-order chi connectivity index (χ0) is 10.3. The van der Waals surface area contributed by atoms with Gasteiger partial charge < -0.3 is 5.11 Å². The molecule has 2 aliphatic rings. The maximum Gasteiger partial charge on any atom is 0.306 e. The van der Waals surface area contributed by atoms with Gasteiger partial charge in [-0.05, 0) is 31.1 Å². The van der Waals surface area contributed by atoms with E-state index in [0.717, 1.165) is 6.42 Å². The Labute approximate surface area is 83.2 Å². The van der Waals surface area contributed by atoms with E-state index in [1.807, 2.05) is 0 Å². The quantitative estimate of drug-likeness (QED) is 0.734. The number of rotatable bonds is 2. The molecule has 0 bridgehead atoms. The van der Waals surface area contributed by atoms with Crippen LogP contribution in [0.1, 0.15) is 19.3 Å². The summed E-state index contributed by atoms with van der Waals surface area (Å²) >= 11 is 0. The smallest absolute Gasteiger partial charge is 0.306 e. The molecule has 80 valence electrons. The first-order chi connectivity index (χ1) is 6.49. The lowest BCUT2D eigenvalue weighted by Gasteiger charge is -2.21. The molecule has 1 saturated carbocycles. The Morgan fingerprint density at radius 2 is 2.07 bits per heavy atom. The van der Waals surface area contributed by atoms with Crippen molar-refractivity contribution in [3.8, 4) is 0 Å². The number of sulfone groups is 1. The molecular weight excluding hydrogens is 204 g/mol. The van der Waals surface area contributed by atoms with Crippen LogP contribution in [0.3, 0.4) is 0 Å². The van der Waals surface area contributed by atoms with Gasteiger partial charge in [-0.3, -0.25) is 4.79 Å². The lowest BCUT2D eigenvalue weighted by molar-refractivity contribution is -0.139. The van der Waals surface area contributed by atoms with Crippen LogP contribution in [0, 0.1) is 17.8 Å². The van der Waals surface area contributed by atoms with Crippen molar-refractivity contribution in [3.05, 3.63) is 0 Å². The first-order valence-electron chi connectivity index (χ1n) is 4.93. The topological polar surface area (TPSA) is 71.4 Å². The Morgan fingerprint density at radius 1 is 1.36 bits per heavy atom. The van der Waals surface area contributed by atoms with Crippen LogP contribution in [0.25, 0.3) is 0 Å². The highest BCUT2D eigenvalue weighted by atomic mass is 32.2. The van der Waals surface area contributed by atoms with E-state index in [1.165, 1.54) is 0 Å². The van der Waals surface area contributed by atoms with Crippen molar-refractivity contribution in [3.63, 3.8) is 0 Å². The second-order valence-corrected chi connectivity index (χ2v) is 6.59. The van der Waals surface area contributed by atoms with E-state index in [2.05, 4.69) is 0 Å². The van der Waals surface area contributed by atoms with Crippen LogP contribution >= 0.6 is 0 Å². The highest BCUT2D eigenvalue weighted by molar-refractivity contribution is 7.91. The van der Waals surface area contributed by atoms with Crippen molar-refractivity contribution in [2.75, 3.05) is 11.5 Å². The highest BCUT2D eigenvalue weighted by Gasteiger charge is 2.49. The summed E-state index contributed by atoms with van der Waals surface area (Å²) in [5.74, 6) is -0.307. The zero-order valence-electron chi connectivity index (χ0n) is 7.85. The maximum atomic E-state index is 11.3. The summed E-state index contributed by atoms with van der Waals surface area (Å²) in [5.41, 5.74) is 0. The lowest BCUT2D eigenvalue weighted by Crippen LogP contribution is -2.27. The maximum absolute atomic E-state index is 11.3. The predicted octanol–water partition coefficient (Wildman–Crippen LogP) is 0.532. The number of hydrogen-bond donors (Lipinski definition) is 1. The molecule has 0 amide bonds. The molecule has 4 nitrogen and oxygen atoms in total. The fraction of sp³-hybridized carbons (Fsp3) is 0.889. The molecule has 1 unspecified atom stereocenters. The molecule has 1 N–H and O–H groups in total. The van der Waals surface area contributed by atoms with E-state index in [9.17, 15) is 13.2 Å². The molecule has 2 rings (SSSR count). The third-order valence-electron chi connectivity index (χ3n) is 3.26. The van der Waals surface area contributed by atoms with Crippen LogP contribution < -0.4 is 0 Å². The minimum atomic E-state index is -2.88. The Balaban J connectivity index is 1.98. The van der Waals surface area contributed by atoms with Gasteiger partial charge in [0.2, 0.25) is 0 Å². The van der Waals surface area contributed by atoms with Crippen molar-refractivity contribution < 1.29 is 18.3 Å². The number of carbonyl (C=O) groups is 1. The Morgan fingerprint density at radius 3 is 2.57 bits per heavy atom. The molecule has 3 atom stereocenters. The molecule has 0 radical (unpaired) electrons.